The number of fused-ring (bicyclic) bond motifs is 3. The van der Waals surface area contributed by atoms with Gasteiger partial charge in [-0.1, -0.05) is 51.1 Å². The quantitative estimate of drug-likeness (QED) is 0.420. The van der Waals surface area contributed by atoms with Crippen LogP contribution in [0.25, 0.3) is 11.1 Å². The first-order valence-corrected chi connectivity index (χ1v) is 14.0. The molecule has 2 N–H and O–H groups in total. The SMILES string of the molecule is CC(C)(C)[C@H]1CC[C@H](Oc2ccc(-c3cccc(CNC45CCC(C(=O)O)(CC4)CC5)c3)cc2)CC1. The van der Waals surface area contributed by atoms with Crippen LogP contribution in [0.4, 0.5) is 0 Å². The maximum absolute atomic E-state index is 11.7. The van der Waals surface area contributed by atoms with E-state index in [4.69, 9.17) is 4.74 Å². The Labute approximate surface area is 216 Å². The van der Waals surface area contributed by atoms with Crippen LogP contribution in [0.1, 0.15) is 90.5 Å². The fraction of sp³-hybridized carbons (Fsp3) is 0.594. The first kappa shape index (κ1) is 25.3. The zero-order chi connectivity index (χ0) is 25.4. The summed E-state index contributed by atoms with van der Waals surface area (Å²) in [4.78, 5) is 11.7. The first-order chi connectivity index (χ1) is 17.2. The molecule has 0 aromatic heterocycles. The molecule has 0 spiro atoms. The van der Waals surface area contributed by atoms with Gasteiger partial charge in [0.25, 0.3) is 0 Å². The first-order valence-electron chi connectivity index (χ1n) is 14.0. The summed E-state index contributed by atoms with van der Waals surface area (Å²) in [5, 5.41) is 13.5. The smallest absolute Gasteiger partial charge is 0.309 e. The lowest BCUT2D eigenvalue weighted by atomic mass is 9.57. The number of carboxylic acids is 1. The van der Waals surface area contributed by atoms with Crippen molar-refractivity contribution in [2.24, 2.45) is 16.7 Å². The molecule has 4 saturated carbocycles. The number of nitrogens with one attached hydrogen (secondary N) is 1. The van der Waals surface area contributed by atoms with Gasteiger partial charge in [-0.3, -0.25) is 4.79 Å². The Hall–Kier alpha value is -2.33. The Morgan fingerprint density at radius 1 is 0.917 bits per heavy atom. The number of hydrogen-bond donors (Lipinski definition) is 2. The number of rotatable bonds is 7. The van der Waals surface area contributed by atoms with Crippen molar-refractivity contribution in [2.75, 3.05) is 0 Å². The average molecular weight is 490 g/mol. The van der Waals surface area contributed by atoms with Crippen LogP contribution in [0.5, 0.6) is 5.75 Å². The predicted molar refractivity (Wildman–Crippen MR) is 145 cm³/mol. The lowest BCUT2D eigenvalue weighted by molar-refractivity contribution is -0.156. The van der Waals surface area contributed by atoms with E-state index in [2.05, 4.69) is 74.6 Å². The minimum absolute atomic E-state index is 0.109. The van der Waals surface area contributed by atoms with Gasteiger partial charge in [-0.15, -0.1) is 0 Å². The molecule has 0 heterocycles. The van der Waals surface area contributed by atoms with E-state index in [1.807, 2.05) is 0 Å². The van der Waals surface area contributed by atoms with Gasteiger partial charge in [-0.05, 0) is 110 Å². The van der Waals surface area contributed by atoms with Gasteiger partial charge < -0.3 is 15.2 Å². The number of carbonyl (C=O) groups is 1. The van der Waals surface area contributed by atoms with Gasteiger partial charge in [0.1, 0.15) is 5.75 Å². The van der Waals surface area contributed by atoms with Gasteiger partial charge >= 0.3 is 5.97 Å². The monoisotopic (exact) mass is 489 g/mol. The molecular formula is C32H43NO3. The molecule has 6 rings (SSSR count). The van der Waals surface area contributed by atoms with Gasteiger partial charge in [0.05, 0.1) is 11.5 Å². The van der Waals surface area contributed by atoms with Gasteiger partial charge in [0.2, 0.25) is 0 Å². The molecule has 0 radical (unpaired) electrons. The molecule has 4 nitrogen and oxygen atoms in total. The summed E-state index contributed by atoms with van der Waals surface area (Å²) in [6.45, 7) is 7.90. The van der Waals surface area contributed by atoms with Crippen LogP contribution >= 0.6 is 0 Å². The van der Waals surface area contributed by atoms with E-state index in [-0.39, 0.29) is 5.54 Å². The summed E-state index contributed by atoms with van der Waals surface area (Å²) < 4.78 is 6.34. The van der Waals surface area contributed by atoms with E-state index in [0.29, 0.717) is 11.5 Å². The van der Waals surface area contributed by atoms with Crippen LogP contribution in [0.2, 0.25) is 0 Å². The Morgan fingerprint density at radius 2 is 1.56 bits per heavy atom. The Balaban J connectivity index is 1.16. The van der Waals surface area contributed by atoms with Crippen LogP contribution in [-0.4, -0.2) is 22.7 Å². The summed E-state index contributed by atoms with van der Waals surface area (Å²) in [6, 6.07) is 17.4. The second kappa shape index (κ2) is 9.85. The molecule has 194 valence electrons. The van der Waals surface area contributed by atoms with Gasteiger partial charge in [-0.2, -0.15) is 0 Å². The van der Waals surface area contributed by atoms with Crippen LogP contribution in [0.3, 0.4) is 0 Å². The van der Waals surface area contributed by atoms with Crippen molar-refractivity contribution in [1.82, 2.24) is 5.32 Å². The second-order valence-electron chi connectivity index (χ2n) is 12.9. The summed E-state index contributed by atoms with van der Waals surface area (Å²) >= 11 is 0. The number of carboxylic acid groups (broad SMARTS) is 1. The van der Waals surface area contributed by atoms with Crippen molar-refractivity contribution in [2.45, 2.75) is 103 Å². The third-order valence-corrected chi connectivity index (χ3v) is 9.68. The molecule has 0 saturated heterocycles. The molecule has 2 aromatic carbocycles. The average Bonchev–Trinajstić information content (AvgIpc) is 2.89. The number of benzene rings is 2. The lowest BCUT2D eigenvalue weighted by Crippen LogP contribution is -2.56. The Kier molecular flexibility index (Phi) is 6.93. The fourth-order valence-electron chi connectivity index (χ4n) is 6.89. The Bertz CT molecular complexity index is 1040. The molecular weight excluding hydrogens is 446 g/mol. The Morgan fingerprint density at radius 3 is 2.14 bits per heavy atom. The summed E-state index contributed by atoms with van der Waals surface area (Å²) in [6.07, 6.45) is 10.5. The molecule has 4 aliphatic rings. The highest BCUT2D eigenvalue weighted by molar-refractivity contribution is 5.75. The van der Waals surface area contributed by atoms with Gasteiger partial charge in [-0.25, -0.2) is 0 Å². The molecule has 2 aromatic rings. The van der Waals surface area contributed by atoms with E-state index >= 15 is 0 Å². The largest absolute Gasteiger partial charge is 0.490 e. The number of hydrogen-bond acceptors (Lipinski definition) is 3. The van der Waals surface area contributed by atoms with Crippen molar-refractivity contribution in [3.05, 3.63) is 54.1 Å². The highest BCUT2D eigenvalue weighted by Crippen LogP contribution is 2.52. The molecule has 0 atom stereocenters. The van der Waals surface area contributed by atoms with Gasteiger partial charge in [0.15, 0.2) is 0 Å². The normalized spacial score (nSPS) is 30.2. The third kappa shape index (κ3) is 5.34. The van der Waals surface area contributed by atoms with E-state index in [1.165, 1.54) is 29.5 Å². The maximum Gasteiger partial charge on any atom is 0.309 e. The number of aliphatic carboxylic acids is 1. The maximum atomic E-state index is 11.7. The van der Waals surface area contributed by atoms with Crippen LogP contribution in [0, 0.1) is 16.7 Å². The van der Waals surface area contributed by atoms with Crippen molar-refractivity contribution in [1.29, 1.82) is 0 Å². The van der Waals surface area contributed by atoms with E-state index < -0.39 is 11.4 Å². The summed E-state index contributed by atoms with van der Waals surface area (Å²) in [7, 11) is 0. The van der Waals surface area contributed by atoms with E-state index in [1.54, 1.807) is 0 Å². The summed E-state index contributed by atoms with van der Waals surface area (Å²) in [5.74, 6) is 1.19. The molecule has 0 unspecified atom stereocenters. The highest BCUT2D eigenvalue weighted by Gasteiger charge is 2.52. The molecule has 0 amide bonds. The zero-order valence-electron chi connectivity index (χ0n) is 22.3. The van der Waals surface area contributed by atoms with Crippen molar-refractivity contribution < 1.29 is 14.6 Å². The van der Waals surface area contributed by atoms with Crippen molar-refractivity contribution in [3.63, 3.8) is 0 Å². The van der Waals surface area contributed by atoms with Crippen LogP contribution in [0.15, 0.2) is 48.5 Å². The van der Waals surface area contributed by atoms with Crippen LogP contribution < -0.4 is 10.1 Å². The zero-order valence-corrected chi connectivity index (χ0v) is 22.3. The predicted octanol–water partition coefficient (Wildman–Crippen LogP) is 7.60. The number of ether oxygens (including phenoxy) is 1. The molecule has 0 aliphatic heterocycles. The standard InChI is InChI=1S/C32H43NO3/c1-30(2,3)26-9-13-28(14-10-26)36-27-11-7-24(8-12-27)25-6-4-5-23(21-25)22-33-32-18-15-31(16-19-32,17-20-32)29(34)35/h4-8,11-12,21,26,28,33H,9-10,13-20,22H2,1-3H3,(H,34,35)/t26-,28-,31?,32?. The second-order valence-corrected chi connectivity index (χ2v) is 12.9. The molecule has 2 bridgehead atoms. The van der Waals surface area contributed by atoms with E-state index in [9.17, 15) is 9.90 Å². The minimum Gasteiger partial charge on any atom is -0.490 e. The molecule has 4 fully saturated rings. The molecule has 4 aliphatic carbocycles. The molecule has 36 heavy (non-hydrogen) atoms. The van der Waals surface area contributed by atoms with Crippen molar-refractivity contribution >= 4 is 5.97 Å². The van der Waals surface area contributed by atoms with Crippen LogP contribution in [-0.2, 0) is 11.3 Å². The topological polar surface area (TPSA) is 58.6 Å². The lowest BCUT2D eigenvalue weighted by Gasteiger charge is -2.51. The molecule has 4 heteroatoms. The third-order valence-electron chi connectivity index (χ3n) is 9.68. The highest BCUT2D eigenvalue weighted by atomic mass is 16.5. The van der Waals surface area contributed by atoms with Gasteiger partial charge in [0, 0.05) is 12.1 Å². The van der Waals surface area contributed by atoms with E-state index in [0.717, 1.165) is 69.6 Å². The van der Waals surface area contributed by atoms with Crippen molar-refractivity contribution in [3.8, 4) is 16.9 Å². The summed E-state index contributed by atoms with van der Waals surface area (Å²) in [5.41, 5.74) is 3.76. The fourth-order valence-corrected chi connectivity index (χ4v) is 6.89. The minimum atomic E-state index is -0.590.